The molecule has 0 aromatic rings. The lowest BCUT2D eigenvalue weighted by molar-refractivity contribution is -0.309. The zero-order valence-electron chi connectivity index (χ0n) is 24.7. The highest BCUT2D eigenvalue weighted by atomic mass is 16.8. The molecule has 0 aliphatic carbocycles. The monoisotopic (exact) mass is 622 g/mol. The van der Waals surface area contributed by atoms with Crippen LogP contribution in [0.25, 0.3) is 0 Å². The number of hydrogen-bond donors (Lipinski definition) is 0. The molecule has 0 amide bonds. The van der Waals surface area contributed by atoms with Crippen LogP contribution in [-0.4, -0.2) is 125 Å². The van der Waals surface area contributed by atoms with E-state index in [0.717, 1.165) is 55.9 Å². The van der Waals surface area contributed by atoms with E-state index >= 15 is 0 Å². The molecular formula is C25H34O18. The number of hydrogen-bond acceptors (Lipinski definition) is 18. The molecule has 0 saturated carbocycles. The molecule has 2 rings (SSSR count). The first-order valence-electron chi connectivity index (χ1n) is 12.6. The summed E-state index contributed by atoms with van der Waals surface area (Å²) in [5.41, 5.74) is 0. The van der Waals surface area contributed by atoms with Crippen LogP contribution in [0.5, 0.6) is 0 Å². The van der Waals surface area contributed by atoms with E-state index in [9.17, 15) is 33.6 Å². The third-order valence-corrected chi connectivity index (χ3v) is 5.99. The van der Waals surface area contributed by atoms with E-state index in [1.54, 1.807) is 0 Å². The molecule has 0 N–H and O–H groups in total. The van der Waals surface area contributed by atoms with Crippen molar-refractivity contribution in [2.75, 3.05) is 27.9 Å². The number of ether oxygens (including phenoxy) is 11. The van der Waals surface area contributed by atoms with Crippen molar-refractivity contribution < 1.29 is 85.7 Å². The fourth-order valence-electron chi connectivity index (χ4n) is 4.51. The van der Waals surface area contributed by atoms with Gasteiger partial charge in [-0.1, -0.05) is 0 Å². The van der Waals surface area contributed by atoms with Gasteiger partial charge in [-0.25, -0.2) is 9.59 Å². The maximum Gasteiger partial charge on any atom is 0.370 e. The summed E-state index contributed by atoms with van der Waals surface area (Å²) in [5.74, 6) is -9.15. The molecule has 2 heterocycles. The first-order chi connectivity index (χ1) is 20.1. The van der Waals surface area contributed by atoms with Crippen molar-refractivity contribution in [2.24, 2.45) is 0 Å². The summed E-state index contributed by atoms with van der Waals surface area (Å²) >= 11 is 0. The van der Waals surface area contributed by atoms with Crippen molar-refractivity contribution in [1.29, 1.82) is 0 Å². The highest BCUT2D eigenvalue weighted by Gasteiger charge is 2.66. The second kappa shape index (κ2) is 15.0. The van der Waals surface area contributed by atoms with Crippen molar-refractivity contribution in [3.05, 3.63) is 0 Å². The molecule has 9 atom stereocenters. The lowest BCUT2D eigenvalue weighted by atomic mass is 9.97. The molecule has 0 bridgehead atoms. The van der Waals surface area contributed by atoms with E-state index in [1.165, 1.54) is 0 Å². The molecule has 0 aromatic carbocycles. The van der Waals surface area contributed by atoms with Crippen LogP contribution in [0.1, 0.15) is 34.6 Å². The molecule has 2 saturated heterocycles. The lowest BCUT2D eigenvalue weighted by Crippen LogP contribution is -2.64. The molecule has 0 unspecified atom stereocenters. The summed E-state index contributed by atoms with van der Waals surface area (Å²) in [6.45, 7) is 4.41. The second-order valence-electron chi connectivity index (χ2n) is 9.13. The van der Waals surface area contributed by atoms with Crippen molar-refractivity contribution in [3.63, 3.8) is 0 Å². The Balaban J connectivity index is 2.54. The van der Waals surface area contributed by atoms with Crippen LogP contribution in [0, 0.1) is 0 Å². The van der Waals surface area contributed by atoms with Gasteiger partial charge >= 0.3 is 47.6 Å². The van der Waals surface area contributed by atoms with Crippen LogP contribution >= 0.6 is 0 Å². The van der Waals surface area contributed by atoms with Crippen LogP contribution < -0.4 is 0 Å². The molecule has 18 heteroatoms. The molecular weight excluding hydrogens is 588 g/mol. The van der Waals surface area contributed by atoms with Crippen LogP contribution in [0.2, 0.25) is 0 Å². The Labute approximate surface area is 245 Å². The quantitative estimate of drug-likeness (QED) is 0.188. The summed E-state index contributed by atoms with van der Waals surface area (Å²) in [4.78, 5) is 85.2. The standard InChI is InChI=1S/C25H34O18/c1-10(26)37-16-15(43-25(35-8,24(32)34-7)21(16)41-14(5)30)9-36-23-20(40-13(4)29)18(39-12(3)28)17(38-11(2)27)19(42-23)22(31)33-6/h15-21,23H,9H2,1-8H3/t15-,16-,17+,18+,19+,20-,21+,23+,25-/m1/s1. The van der Waals surface area contributed by atoms with Gasteiger partial charge in [0, 0.05) is 41.7 Å². The number of carbonyl (C=O) groups excluding carboxylic acids is 7. The van der Waals surface area contributed by atoms with Gasteiger partial charge in [-0.2, -0.15) is 0 Å². The van der Waals surface area contributed by atoms with Gasteiger partial charge in [0.25, 0.3) is 0 Å². The van der Waals surface area contributed by atoms with Gasteiger partial charge in [0.05, 0.1) is 20.8 Å². The van der Waals surface area contributed by atoms with Crippen molar-refractivity contribution >= 4 is 41.8 Å². The van der Waals surface area contributed by atoms with Crippen LogP contribution in [0.4, 0.5) is 0 Å². The Morgan fingerprint density at radius 1 is 0.628 bits per heavy atom. The minimum atomic E-state index is -2.42. The summed E-state index contributed by atoms with van der Waals surface area (Å²) < 4.78 is 58.2. The molecule has 2 aliphatic heterocycles. The first kappa shape index (κ1) is 35.3. The highest BCUT2D eigenvalue weighted by Crippen LogP contribution is 2.38. The Morgan fingerprint density at radius 3 is 1.58 bits per heavy atom. The number of methoxy groups -OCH3 is 3. The van der Waals surface area contributed by atoms with E-state index in [0.29, 0.717) is 0 Å². The summed E-state index contributed by atoms with van der Waals surface area (Å²) in [6.07, 6.45) is -13.2. The van der Waals surface area contributed by atoms with Gasteiger partial charge in [-0.15, -0.1) is 0 Å². The maximum absolute atomic E-state index is 12.8. The highest BCUT2D eigenvalue weighted by molar-refractivity contribution is 5.80. The van der Waals surface area contributed by atoms with Crippen LogP contribution in [-0.2, 0) is 85.7 Å². The predicted molar refractivity (Wildman–Crippen MR) is 131 cm³/mol. The fraction of sp³-hybridized carbons (Fsp3) is 0.720. The van der Waals surface area contributed by atoms with E-state index in [1.807, 2.05) is 0 Å². The molecule has 242 valence electrons. The van der Waals surface area contributed by atoms with Crippen LogP contribution in [0.3, 0.4) is 0 Å². The zero-order chi connectivity index (χ0) is 32.6. The lowest BCUT2D eigenvalue weighted by Gasteiger charge is -2.43. The van der Waals surface area contributed by atoms with E-state index in [2.05, 4.69) is 0 Å². The number of carbonyl (C=O) groups is 7. The van der Waals surface area contributed by atoms with Crippen molar-refractivity contribution in [3.8, 4) is 0 Å². The van der Waals surface area contributed by atoms with E-state index in [4.69, 9.17) is 52.1 Å². The third-order valence-electron chi connectivity index (χ3n) is 5.99. The molecule has 0 radical (unpaired) electrons. The van der Waals surface area contributed by atoms with Crippen molar-refractivity contribution in [2.45, 2.75) is 89.4 Å². The Morgan fingerprint density at radius 2 is 1.12 bits per heavy atom. The number of rotatable bonds is 11. The molecule has 0 spiro atoms. The Bertz CT molecular complexity index is 1090. The fourth-order valence-corrected chi connectivity index (χ4v) is 4.51. The average Bonchev–Trinajstić information content (AvgIpc) is 3.20. The van der Waals surface area contributed by atoms with Gasteiger partial charge < -0.3 is 52.1 Å². The van der Waals surface area contributed by atoms with Gasteiger partial charge in [-0.05, 0) is 0 Å². The van der Waals surface area contributed by atoms with E-state index < -0.39 is 103 Å². The zero-order valence-corrected chi connectivity index (χ0v) is 24.7. The Hall–Kier alpha value is -3.87. The predicted octanol–water partition coefficient (Wildman–Crippen LogP) is -1.53. The van der Waals surface area contributed by atoms with Crippen LogP contribution in [0.15, 0.2) is 0 Å². The maximum atomic E-state index is 12.8. The van der Waals surface area contributed by atoms with Gasteiger partial charge in [-0.3, -0.25) is 24.0 Å². The smallest absolute Gasteiger partial charge is 0.370 e. The largest absolute Gasteiger partial charge is 0.467 e. The topological polar surface area (TPSA) is 221 Å². The molecule has 43 heavy (non-hydrogen) atoms. The van der Waals surface area contributed by atoms with Gasteiger partial charge in [0.15, 0.2) is 36.8 Å². The second-order valence-corrected chi connectivity index (χ2v) is 9.13. The minimum Gasteiger partial charge on any atom is -0.467 e. The molecule has 2 aliphatic rings. The first-order valence-corrected chi connectivity index (χ1v) is 12.6. The molecule has 18 nitrogen and oxygen atoms in total. The molecule has 0 aromatic heterocycles. The SMILES string of the molecule is COC(=O)[C@H]1O[C@H](OC[C@H]2O[C@@](OC)(C(=O)OC)[C@@H](OC(C)=O)[C@@H]2OC(C)=O)[C@H](OC(C)=O)[C@@H](OC(C)=O)[C@@H]1OC(C)=O. The number of esters is 7. The summed E-state index contributed by atoms with van der Waals surface area (Å²) in [5, 5.41) is 0. The van der Waals surface area contributed by atoms with Gasteiger partial charge in [0.2, 0.25) is 6.10 Å². The summed E-state index contributed by atoms with van der Waals surface area (Å²) in [7, 11) is 3.05. The minimum absolute atomic E-state index is 0.681. The summed E-state index contributed by atoms with van der Waals surface area (Å²) in [6, 6.07) is 0. The van der Waals surface area contributed by atoms with Gasteiger partial charge in [0.1, 0.15) is 6.10 Å². The molecule has 2 fully saturated rings. The third kappa shape index (κ3) is 8.37. The van der Waals surface area contributed by atoms with E-state index in [-0.39, 0.29) is 0 Å². The normalized spacial score (nSPS) is 31.6. The Kier molecular flexibility index (Phi) is 12.4. The average molecular weight is 623 g/mol. The van der Waals surface area contributed by atoms with Crippen molar-refractivity contribution in [1.82, 2.24) is 0 Å².